The van der Waals surface area contributed by atoms with Crippen LogP contribution in [0.4, 0.5) is 17.3 Å². The first-order valence-electron chi connectivity index (χ1n) is 8.71. The Morgan fingerprint density at radius 2 is 1.93 bits per heavy atom. The number of nitrogen functional groups attached to an aromatic ring is 1. The molecule has 27 heavy (non-hydrogen) atoms. The number of hydrogen-bond donors (Lipinski definition) is 2. The van der Waals surface area contributed by atoms with E-state index in [1.54, 1.807) is 18.5 Å². The Balaban J connectivity index is 1.76. The second kappa shape index (κ2) is 7.18. The number of nitrogens with two attached hydrogens (primary N) is 1. The van der Waals surface area contributed by atoms with Gasteiger partial charge < -0.3 is 15.7 Å². The zero-order valence-corrected chi connectivity index (χ0v) is 15.0. The topological polar surface area (TPSA) is 135 Å². The summed E-state index contributed by atoms with van der Waals surface area (Å²) in [6.45, 7) is 3.06. The van der Waals surface area contributed by atoms with E-state index in [-0.39, 0.29) is 11.4 Å². The Bertz CT molecular complexity index is 861. The molecule has 9 nitrogen and oxygen atoms in total. The number of aliphatic carboxylic acids is 1. The maximum atomic E-state index is 11.5. The van der Waals surface area contributed by atoms with Crippen LogP contribution in [-0.2, 0) is 4.79 Å². The normalized spacial score (nSPS) is 16.1. The highest BCUT2D eigenvalue weighted by atomic mass is 16.6. The zero-order valence-electron chi connectivity index (χ0n) is 15.0. The van der Waals surface area contributed by atoms with Crippen LogP contribution in [0.5, 0.6) is 0 Å². The van der Waals surface area contributed by atoms with Crippen LogP contribution < -0.4 is 10.6 Å². The van der Waals surface area contributed by atoms with Gasteiger partial charge in [0, 0.05) is 37.1 Å². The molecule has 1 aromatic heterocycles. The molecule has 0 atom stereocenters. The molecule has 0 amide bonds. The molecule has 0 saturated carbocycles. The maximum Gasteiger partial charge on any atom is 0.309 e. The molecular weight excluding hydrogens is 350 g/mol. The molecule has 2 aromatic rings. The highest BCUT2D eigenvalue weighted by Crippen LogP contribution is 2.36. The molecular formula is C18H21N5O4. The number of aromatic nitrogens is 2. The second-order valence-electron chi connectivity index (χ2n) is 6.73. The van der Waals surface area contributed by atoms with E-state index in [0.29, 0.717) is 49.4 Å². The Hall–Kier alpha value is -3.23. The highest BCUT2D eigenvalue weighted by Gasteiger charge is 2.40. The predicted octanol–water partition coefficient (Wildman–Crippen LogP) is 2.72. The van der Waals surface area contributed by atoms with Crippen molar-refractivity contribution in [2.75, 3.05) is 23.7 Å². The third kappa shape index (κ3) is 3.53. The summed E-state index contributed by atoms with van der Waals surface area (Å²) in [4.78, 5) is 32.7. The Morgan fingerprint density at radius 3 is 2.44 bits per heavy atom. The van der Waals surface area contributed by atoms with Crippen molar-refractivity contribution in [1.29, 1.82) is 0 Å². The monoisotopic (exact) mass is 371 g/mol. The van der Waals surface area contributed by atoms with Gasteiger partial charge in [0.25, 0.3) is 5.69 Å². The van der Waals surface area contributed by atoms with Crippen molar-refractivity contribution < 1.29 is 14.8 Å². The first-order chi connectivity index (χ1) is 12.9. The number of rotatable bonds is 5. The number of piperidine rings is 1. The summed E-state index contributed by atoms with van der Waals surface area (Å²) in [5.41, 5.74) is 6.16. The summed E-state index contributed by atoms with van der Waals surface area (Å²) in [7, 11) is 0. The lowest BCUT2D eigenvalue weighted by molar-refractivity contribution is -0.383. The fourth-order valence-electron chi connectivity index (χ4n) is 3.37. The number of nitro benzene ring substituents is 1. The minimum absolute atomic E-state index is 0.104. The van der Waals surface area contributed by atoms with E-state index in [2.05, 4.69) is 9.97 Å². The van der Waals surface area contributed by atoms with E-state index in [1.165, 1.54) is 12.1 Å². The molecule has 0 spiro atoms. The number of carboxylic acids is 1. The van der Waals surface area contributed by atoms with Crippen LogP contribution in [0.15, 0.2) is 30.6 Å². The van der Waals surface area contributed by atoms with Crippen LogP contribution in [-0.4, -0.2) is 39.1 Å². The molecule has 142 valence electrons. The van der Waals surface area contributed by atoms with Crippen molar-refractivity contribution in [1.82, 2.24) is 9.97 Å². The molecule has 1 aliphatic rings. The SMILES string of the molecule is CCC1(C(=O)O)CCN(c2ncc(-c3ccc(N)c([N+](=O)[O-])c3)cn2)CC1. The van der Waals surface area contributed by atoms with Gasteiger partial charge in [0.15, 0.2) is 0 Å². The molecule has 1 aliphatic heterocycles. The van der Waals surface area contributed by atoms with Crippen LogP contribution in [0, 0.1) is 15.5 Å². The predicted molar refractivity (Wildman–Crippen MR) is 100 cm³/mol. The fourth-order valence-corrected chi connectivity index (χ4v) is 3.37. The molecule has 0 unspecified atom stereocenters. The van der Waals surface area contributed by atoms with Gasteiger partial charge in [-0.05, 0) is 30.9 Å². The largest absolute Gasteiger partial charge is 0.481 e. The van der Waals surface area contributed by atoms with Crippen molar-refractivity contribution in [2.24, 2.45) is 5.41 Å². The van der Waals surface area contributed by atoms with E-state index in [1.807, 2.05) is 11.8 Å². The number of carbonyl (C=O) groups is 1. The van der Waals surface area contributed by atoms with Crippen molar-refractivity contribution in [3.8, 4) is 11.1 Å². The summed E-state index contributed by atoms with van der Waals surface area (Å²) in [6, 6.07) is 4.57. The summed E-state index contributed by atoms with van der Waals surface area (Å²) >= 11 is 0. The lowest BCUT2D eigenvalue weighted by Crippen LogP contribution is -2.44. The molecule has 0 radical (unpaired) electrons. The van der Waals surface area contributed by atoms with Gasteiger partial charge in [-0.3, -0.25) is 14.9 Å². The van der Waals surface area contributed by atoms with Gasteiger partial charge in [-0.25, -0.2) is 9.97 Å². The molecule has 1 aromatic carbocycles. The molecule has 3 N–H and O–H groups in total. The molecule has 2 heterocycles. The number of benzene rings is 1. The first-order valence-corrected chi connectivity index (χ1v) is 8.71. The molecule has 0 aliphatic carbocycles. The second-order valence-corrected chi connectivity index (χ2v) is 6.73. The molecule has 3 rings (SSSR count). The standard InChI is InChI=1S/C18H21N5O4/c1-2-18(16(24)25)5-7-22(8-6-18)17-20-10-13(11-21-17)12-3-4-14(19)15(9-12)23(26)27/h3-4,9-11H,2,5-8,19H2,1H3,(H,24,25). The number of anilines is 2. The van der Waals surface area contributed by atoms with Crippen molar-refractivity contribution in [3.05, 3.63) is 40.7 Å². The van der Waals surface area contributed by atoms with E-state index in [0.717, 1.165) is 0 Å². The van der Waals surface area contributed by atoms with Gasteiger partial charge in [0.1, 0.15) is 5.69 Å². The summed E-state index contributed by atoms with van der Waals surface area (Å²) in [6.07, 6.45) is 4.92. The quantitative estimate of drug-likeness (QED) is 0.465. The summed E-state index contributed by atoms with van der Waals surface area (Å²) in [5, 5.41) is 20.5. The fraction of sp³-hybridized carbons (Fsp3) is 0.389. The van der Waals surface area contributed by atoms with Gasteiger partial charge in [-0.1, -0.05) is 13.0 Å². The summed E-state index contributed by atoms with van der Waals surface area (Å²) < 4.78 is 0. The van der Waals surface area contributed by atoms with E-state index in [9.17, 15) is 20.0 Å². The Labute approximate surface area is 156 Å². The van der Waals surface area contributed by atoms with Gasteiger partial charge >= 0.3 is 5.97 Å². The Morgan fingerprint density at radius 1 is 1.30 bits per heavy atom. The Kier molecular flexibility index (Phi) is 4.93. The van der Waals surface area contributed by atoms with Crippen LogP contribution in [0.25, 0.3) is 11.1 Å². The lowest BCUT2D eigenvalue weighted by Gasteiger charge is -2.38. The molecule has 1 saturated heterocycles. The van der Waals surface area contributed by atoms with E-state index in [4.69, 9.17) is 5.73 Å². The first kappa shape index (κ1) is 18.6. The lowest BCUT2D eigenvalue weighted by atomic mass is 9.76. The van der Waals surface area contributed by atoms with E-state index >= 15 is 0 Å². The van der Waals surface area contributed by atoms with Crippen molar-refractivity contribution in [3.63, 3.8) is 0 Å². The van der Waals surface area contributed by atoms with Gasteiger partial charge in [-0.2, -0.15) is 0 Å². The van der Waals surface area contributed by atoms with Gasteiger partial charge in [0.05, 0.1) is 10.3 Å². The smallest absolute Gasteiger partial charge is 0.309 e. The number of carboxylic acid groups (broad SMARTS) is 1. The number of nitrogens with zero attached hydrogens (tertiary/aromatic N) is 4. The van der Waals surface area contributed by atoms with Crippen LogP contribution in [0.2, 0.25) is 0 Å². The van der Waals surface area contributed by atoms with Gasteiger partial charge in [0.2, 0.25) is 5.95 Å². The average Bonchev–Trinajstić information content (AvgIpc) is 2.68. The third-order valence-electron chi connectivity index (χ3n) is 5.33. The average molecular weight is 371 g/mol. The van der Waals surface area contributed by atoms with Gasteiger partial charge in [-0.15, -0.1) is 0 Å². The summed E-state index contributed by atoms with van der Waals surface area (Å²) in [5.74, 6) is -0.218. The number of nitro groups is 1. The molecule has 0 bridgehead atoms. The maximum absolute atomic E-state index is 11.5. The van der Waals surface area contributed by atoms with Crippen LogP contribution in [0.3, 0.4) is 0 Å². The van der Waals surface area contributed by atoms with Crippen LogP contribution >= 0.6 is 0 Å². The zero-order chi connectivity index (χ0) is 19.6. The molecule has 1 fully saturated rings. The highest BCUT2D eigenvalue weighted by molar-refractivity contribution is 5.75. The van der Waals surface area contributed by atoms with Crippen molar-refractivity contribution >= 4 is 23.3 Å². The minimum Gasteiger partial charge on any atom is -0.481 e. The van der Waals surface area contributed by atoms with Crippen LogP contribution in [0.1, 0.15) is 26.2 Å². The molecule has 9 heteroatoms. The van der Waals surface area contributed by atoms with Crippen molar-refractivity contribution in [2.45, 2.75) is 26.2 Å². The van der Waals surface area contributed by atoms with E-state index < -0.39 is 16.3 Å². The minimum atomic E-state index is -0.745. The number of hydrogen-bond acceptors (Lipinski definition) is 7. The third-order valence-corrected chi connectivity index (χ3v) is 5.33.